The molecule has 0 radical (unpaired) electrons. The second-order valence-electron chi connectivity index (χ2n) is 9.53. The normalized spacial score (nSPS) is 29.3. The molecule has 0 aliphatic heterocycles. The third-order valence-electron chi connectivity index (χ3n) is 7.52. The summed E-state index contributed by atoms with van der Waals surface area (Å²) in [6, 6.07) is 17.3. The second-order valence-corrected chi connectivity index (χ2v) is 9.53. The number of Topliss-reactive ketones (excluding diaryl/α,β-unsaturated/α-hetero) is 1. The Bertz CT molecular complexity index is 919. The van der Waals surface area contributed by atoms with Crippen LogP contribution in [0, 0.1) is 23.2 Å². The number of ether oxygens (including phenoxy) is 1. The van der Waals surface area contributed by atoms with Gasteiger partial charge in [-0.1, -0.05) is 49.6 Å². The Kier molecular flexibility index (Phi) is 5.10. The number of benzene rings is 2. The summed E-state index contributed by atoms with van der Waals surface area (Å²) in [6.45, 7) is 0.497. The summed E-state index contributed by atoms with van der Waals surface area (Å²) in [4.78, 5) is 26.0. The smallest absolute Gasteiger partial charge is 0.292 e. The van der Waals surface area contributed by atoms with Gasteiger partial charge in [0.15, 0.2) is 0 Å². The van der Waals surface area contributed by atoms with E-state index in [2.05, 4.69) is 5.32 Å². The van der Waals surface area contributed by atoms with Gasteiger partial charge in [0.05, 0.1) is 0 Å². The topological polar surface area (TPSA) is 55.4 Å². The van der Waals surface area contributed by atoms with Crippen molar-refractivity contribution in [2.45, 2.75) is 51.6 Å². The molecule has 0 aromatic heterocycles. The van der Waals surface area contributed by atoms with Crippen molar-refractivity contribution in [3.8, 4) is 5.75 Å². The summed E-state index contributed by atoms with van der Waals surface area (Å²) in [5.74, 6) is 2.04. The van der Waals surface area contributed by atoms with Crippen molar-refractivity contribution < 1.29 is 14.3 Å². The van der Waals surface area contributed by atoms with Crippen molar-refractivity contribution in [1.82, 2.24) is 0 Å². The lowest BCUT2D eigenvalue weighted by Gasteiger charge is -2.36. The average Bonchev–Trinajstić information content (AvgIpc) is 2.94. The molecule has 2 aromatic carbocycles. The first-order valence-electron chi connectivity index (χ1n) is 11.2. The highest BCUT2D eigenvalue weighted by Crippen LogP contribution is 2.60. The lowest BCUT2D eigenvalue weighted by Crippen LogP contribution is -2.41. The van der Waals surface area contributed by atoms with Crippen LogP contribution in [-0.2, 0) is 16.2 Å². The summed E-state index contributed by atoms with van der Waals surface area (Å²) in [6.07, 6.45) is 7.79. The fourth-order valence-electron chi connectivity index (χ4n) is 6.24. The number of carbonyl (C=O) groups excluding carboxylic acids is 2. The maximum Gasteiger partial charge on any atom is 0.292 e. The zero-order valence-electron chi connectivity index (χ0n) is 17.3. The van der Waals surface area contributed by atoms with Crippen LogP contribution >= 0.6 is 0 Å². The minimum absolute atomic E-state index is 0.189. The summed E-state index contributed by atoms with van der Waals surface area (Å²) in [5.41, 5.74) is 1.34. The molecule has 1 N–H and O–H groups in total. The summed E-state index contributed by atoms with van der Waals surface area (Å²) >= 11 is 0. The van der Waals surface area contributed by atoms with E-state index < -0.39 is 11.3 Å². The summed E-state index contributed by atoms with van der Waals surface area (Å²) in [5, 5.41) is 2.84. The van der Waals surface area contributed by atoms with Crippen LogP contribution in [0.15, 0.2) is 54.6 Å². The summed E-state index contributed by atoms with van der Waals surface area (Å²) < 4.78 is 5.80. The average molecular weight is 404 g/mol. The second kappa shape index (κ2) is 7.90. The van der Waals surface area contributed by atoms with E-state index in [1.54, 1.807) is 12.1 Å². The van der Waals surface area contributed by atoms with E-state index in [-0.39, 0.29) is 5.78 Å². The SMILES string of the molecule is O=C(Nc1ccc(OCc2ccccc2)cc1)C(=O)C12CC3CCCC(C1)C(C3)C2. The van der Waals surface area contributed by atoms with Gasteiger partial charge >= 0.3 is 0 Å². The number of fused-ring (bicyclic) bond motifs is 2. The molecule has 30 heavy (non-hydrogen) atoms. The number of hydrogen-bond acceptors (Lipinski definition) is 3. The van der Waals surface area contributed by atoms with E-state index in [9.17, 15) is 9.59 Å². The number of carbonyl (C=O) groups is 2. The van der Waals surface area contributed by atoms with Crippen molar-refractivity contribution in [3.63, 3.8) is 0 Å². The maximum atomic E-state index is 13.2. The van der Waals surface area contributed by atoms with E-state index in [0.717, 1.165) is 30.6 Å². The van der Waals surface area contributed by atoms with Gasteiger partial charge in [0, 0.05) is 11.1 Å². The van der Waals surface area contributed by atoms with Crippen LogP contribution < -0.4 is 10.1 Å². The number of amides is 1. The molecule has 4 atom stereocenters. The van der Waals surface area contributed by atoms with Crippen LogP contribution in [-0.4, -0.2) is 11.7 Å². The zero-order valence-corrected chi connectivity index (χ0v) is 17.3. The molecule has 0 heterocycles. The third kappa shape index (κ3) is 3.76. The van der Waals surface area contributed by atoms with Crippen molar-refractivity contribution in [1.29, 1.82) is 0 Å². The Morgan fingerprint density at radius 2 is 1.70 bits per heavy atom. The first-order valence-corrected chi connectivity index (χ1v) is 11.2. The number of rotatable bonds is 6. The third-order valence-corrected chi connectivity index (χ3v) is 7.52. The molecule has 4 heteroatoms. The van der Waals surface area contributed by atoms with Gasteiger partial charge in [-0.05, 0) is 73.3 Å². The molecule has 156 valence electrons. The minimum Gasteiger partial charge on any atom is -0.489 e. The molecule has 3 fully saturated rings. The molecule has 3 aliphatic rings. The fourth-order valence-corrected chi connectivity index (χ4v) is 6.24. The van der Waals surface area contributed by atoms with Crippen molar-refractivity contribution >= 4 is 17.4 Å². The van der Waals surface area contributed by atoms with Crippen molar-refractivity contribution in [3.05, 3.63) is 60.2 Å². The quantitative estimate of drug-likeness (QED) is 0.659. The Hall–Kier alpha value is -2.62. The van der Waals surface area contributed by atoms with Gasteiger partial charge in [0.25, 0.3) is 5.91 Å². The van der Waals surface area contributed by atoms with E-state index >= 15 is 0 Å². The Morgan fingerprint density at radius 3 is 2.50 bits per heavy atom. The Labute approximate surface area is 178 Å². The lowest BCUT2D eigenvalue weighted by atomic mass is 9.67. The lowest BCUT2D eigenvalue weighted by molar-refractivity contribution is -0.142. The first-order chi connectivity index (χ1) is 14.6. The predicted octanol–water partition coefficient (Wildman–Crippen LogP) is 5.38. The molecule has 3 aliphatic carbocycles. The highest BCUT2D eigenvalue weighted by molar-refractivity contribution is 6.42. The van der Waals surface area contributed by atoms with E-state index in [0.29, 0.717) is 30.0 Å². The van der Waals surface area contributed by atoms with Crippen molar-refractivity contribution in [2.24, 2.45) is 23.2 Å². The predicted molar refractivity (Wildman–Crippen MR) is 116 cm³/mol. The molecule has 4 unspecified atom stereocenters. The molecule has 3 bridgehead atoms. The number of ketones is 1. The van der Waals surface area contributed by atoms with E-state index in [1.165, 1.54) is 25.7 Å². The molecule has 2 aromatic rings. The van der Waals surface area contributed by atoms with E-state index in [1.807, 2.05) is 42.5 Å². The van der Waals surface area contributed by atoms with Gasteiger partial charge in [-0.3, -0.25) is 9.59 Å². The molecule has 1 amide bonds. The fraction of sp³-hybridized carbons (Fsp3) is 0.462. The van der Waals surface area contributed by atoms with Gasteiger partial charge in [-0.15, -0.1) is 0 Å². The molecule has 5 rings (SSSR count). The van der Waals surface area contributed by atoms with Gasteiger partial charge in [-0.2, -0.15) is 0 Å². The highest BCUT2D eigenvalue weighted by Gasteiger charge is 2.56. The molecular formula is C26H29NO3. The van der Waals surface area contributed by atoms with Crippen LogP contribution in [0.3, 0.4) is 0 Å². The summed E-state index contributed by atoms with van der Waals surface area (Å²) in [7, 11) is 0. The maximum absolute atomic E-state index is 13.2. The minimum atomic E-state index is -0.450. The van der Waals surface area contributed by atoms with Gasteiger partial charge in [0.2, 0.25) is 5.78 Å². The van der Waals surface area contributed by atoms with Crippen LogP contribution in [0.25, 0.3) is 0 Å². The van der Waals surface area contributed by atoms with Crippen LogP contribution in [0.5, 0.6) is 5.75 Å². The molecular weight excluding hydrogens is 374 g/mol. The number of anilines is 1. The molecule has 0 saturated heterocycles. The number of nitrogens with one attached hydrogen (secondary N) is 1. The molecule has 0 spiro atoms. The Balaban J connectivity index is 1.21. The molecule has 4 nitrogen and oxygen atoms in total. The van der Waals surface area contributed by atoms with Crippen LogP contribution in [0.1, 0.15) is 50.5 Å². The molecule has 3 saturated carbocycles. The highest BCUT2D eigenvalue weighted by atomic mass is 16.5. The van der Waals surface area contributed by atoms with Crippen LogP contribution in [0.4, 0.5) is 5.69 Å². The van der Waals surface area contributed by atoms with Gasteiger partial charge in [-0.25, -0.2) is 0 Å². The first kappa shape index (κ1) is 19.3. The number of hydrogen-bond donors (Lipinski definition) is 1. The zero-order chi connectivity index (χ0) is 20.6. The Morgan fingerprint density at radius 1 is 0.933 bits per heavy atom. The van der Waals surface area contributed by atoms with Crippen molar-refractivity contribution in [2.75, 3.05) is 5.32 Å². The largest absolute Gasteiger partial charge is 0.489 e. The van der Waals surface area contributed by atoms with Gasteiger partial charge < -0.3 is 10.1 Å². The van der Waals surface area contributed by atoms with Gasteiger partial charge in [0.1, 0.15) is 12.4 Å². The standard InChI is InChI=1S/C26H29NO3/c28-24(26-14-19-7-4-8-20(15-26)21(13-19)16-26)25(29)27-22-9-11-23(12-10-22)30-17-18-5-2-1-3-6-18/h1-3,5-6,9-12,19-21H,4,7-8,13-17H2,(H,27,29). The monoisotopic (exact) mass is 403 g/mol. The van der Waals surface area contributed by atoms with Crippen LogP contribution in [0.2, 0.25) is 0 Å². The van der Waals surface area contributed by atoms with E-state index in [4.69, 9.17) is 4.74 Å².